The lowest BCUT2D eigenvalue weighted by Gasteiger charge is -2.27. The number of hydrogen-bond donors (Lipinski definition) is 1. The van der Waals surface area contributed by atoms with Crippen LogP contribution in [0.25, 0.3) is 0 Å². The second kappa shape index (κ2) is 8.63. The molecule has 2 aliphatic rings. The lowest BCUT2D eigenvalue weighted by molar-refractivity contribution is -0.232. The summed E-state index contributed by atoms with van der Waals surface area (Å²) in [6, 6.07) is 12.8. The summed E-state index contributed by atoms with van der Waals surface area (Å²) in [7, 11) is 0. The highest BCUT2D eigenvalue weighted by atomic mass is 35.5. The van der Waals surface area contributed by atoms with Crippen LogP contribution in [0, 0.1) is 0 Å². The van der Waals surface area contributed by atoms with Crippen molar-refractivity contribution >= 4 is 34.9 Å². The summed E-state index contributed by atoms with van der Waals surface area (Å²) >= 11 is 6.51. The molecule has 2 aromatic carbocycles. The molecule has 0 bridgehead atoms. The minimum Gasteiger partial charge on any atom is -0.373 e. The summed E-state index contributed by atoms with van der Waals surface area (Å²) < 4.78 is 0. The first kappa shape index (κ1) is 20.7. The number of β-amino-alcohol motifs (C(OH)–C–C–N with tert-alkyl or cyclic N) is 1. The summed E-state index contributed by atoms with van der Waals surface area (Å²) in [6.07, 6.45) is 1.13. The number of amides is 1. The molecule has 8 heteroatoms. The van der Waals surface area contributed by atoms with Crippen LogP contribution in [0.3, 0.4) is 0 Å². The molecule has 0 saturated carbocycles. The smallest absolute Gasteiger partial charge is 0.322 e. The van der Waals surface area contributed by atoms with Crippen molar-refractivity contribution in [3.63, 3.8) is 0 Å². The SMILES string of the molecule is CC(=O)ON1Cc2ccccc2N(C(=O)c2ccc(N3CCCC3)cc2Cl)CC1O. The normalized spacial score (nSPS) is 19.4. The minimum absolute atomic E-state index is 0.0622. The van der Waals surface area contributed by atoms with Crippen molar-refractivity contribution in [3.8, 4) is 0 Å². The lowest BCUT2D eigenvalue weighted by Crippen LogP contribution is -2.44. The third-order valence-electron chi connectivity index (χ3n) is 5.43. The molecular formula is C22H24ClN3O4. The van der Waals surface area contributed by atoms with E-state index in [1.54, 1.807) is 6.07 Å². The van der Waals surface area contributed by atoms with Crippen LogP contribution in [-0.4, -0.2) is 47.9 Å². The number of hydroxylamine groups is 2. The number of benzene rings is 2. The topological polar surface area (TPSA) is 73.3 Å². The van der Waals surface area contributed by atoms with Crippen LogP contribution in [0.15, 0.2) is 42.5 Å². The maximum atomic E-state index is 13.4. The molecule has 158 valence electrons. The number of rotatable bonds is 3. The van der Waals surface area contributed by atoms with Gasteiger partial charge in [0.2, 0.25) is 0 Å². The van der Waals surface area contributed by atoms with Gasteiger partial charge in [0.1, 0.15) is 0 Å². The molecule has 1 N–H and O–H groups in total. The van der Waals surface area contributed by atoms with E-state index in [0.717, 1.165) is 37.2 Å². The highest BCUT2D eigenvalue weighted by molar-refractivity contribution is 6.34. The van der Waals surface area contributed by atoms with Crippen LogP contribution in [0.2, 0.25) is 5.02 Å². The largest absolute Gasteiger partial charge is 0.373 e. The van der Waals surface area contributed by atoms with Crippen molar-refractivity contribution in [1.82, 2.24) is 5.06 Å². The standard InChI is InChI=1S/C22H24ClN3O4/c1-15(27)30-26-13-16-6-2-3-7-20(16)25(14-21(26)28)22(29)18-9-8-17(12-19(18)23)24-10-4-5-11-24/h2-3,6-9,12,21,28H,4-5,10-11,13-14H2,1H3. The first-order valence-electron chi connectivity index (χ1n) is 10.0. The molecule has 1 fully saturated rings. The summed E-state index contributed by atoms with van der Waals surface area (Å²) in [6.45, 7) is 3.35. The van der Waals surface area contributed by atoms with E-state index in [4.69, 9.17) is 16.4 Å². The zero-order valence-corrected chi connectivity index (χ0v) is 17.5. The van der Waals surface area contributed by atoms with E-state index in [1.165, 1.54) is 16.9 Å². The number of carbonyl (C=O) groups excluding carboxylic acids is 2. The summed E-state index contributed by atoms with van der Waals surface area (Å²) in [5, 5.41) is 12.2. The average molecular weight is 430 g/mol. The van der Waals surface area contributed by atoms with Gasteiger partial charge < -0.3 is 19.7 Å². The molecule has 2 aliphatic heterocycles. The van der Waals surface area contributed by atoms with Crippen LogP contribution in [0.5, 0.6) is 0 Å². The zero-order chi connectivity index (χ0) is 21.3. The van der Waals surface area contributed by atoms with Crippen LogP contribution in [0.4, 0.5) is 11.4 Å². The van der Waals surface area contributed by atoms with E-state index in [0.29, 0.717) is 16.3 Å². The summed E-state index contributed by atoms with van der Waals surface area (Å²) in [4.78, 5) is 33.7. The van der Waals surface area contributed by atoms with Gasteiger partial charge in [0.15, 0.2) is 6.23 Å². The second-order valence-electron chi connectivity index (χ2n) is 7.54. The Labute approximate surface area is 180 Å². The van der Waals surface area contributed by atoms with Gasteiger partial charge in [-0.25, -0.2) is 0 Å². The van der Waals surface area contributed by atoms with Crippen molar-refractivity contribution in [1.29, 1.82) is 0 Å². The highest BCUT2D eigenvalue weighted by Gasteiger charge is 2.32. The van der Waals surface area contributed by atoms with E-state index >= 15 is 0 Å². The van der Waals surface area contributed by atoms with Crippen LogP contribution in [0.1, 0.15) is 35.7 Å². The Morgan fingerprint density at radius 3 is 2.57 bits per heavy atom. The molecule has 0 aromatic heterocycles. The number of aliphatic hydroxyl groups is 1. The van der Waals surface area contributed by atoms with Crippen molar-refractivity contribution < 1.29 is 19.5 Å². The van der Waals surface area contributed by atoms with Gasteiger partial charge in [-0.2, -0.15) is 0 Å². The highest BCUT2D eigenvalue weighted by Crippen LogP contribution is 2.31. The number of anilines is 2. The van der Waals surface area contributed by atoms with Gasteiger partial charge in [0.05, 0.1) is 23.7 Å². The van der Waals surface area contributed by atoms with E-state index in [1.807, 2.05) is 36.4 Å². The number of aliphatic hydroxyl groups excluding tert-OH is 1. The number of hydrogen-bond acceptors (Lipinski definition) is 6. The Kier molecular flexibility index (Phi) is 5.94. The van der Waals surface area contributed by atoms with Gasteiger partial charge in [-0.3, -0.25) is 9.59 Å². The molecule has 0 spiro atoms. The Balaban J connectivity index is 1.65. The first-order valence-corrected chi connectivity index (χ1v) is 10.4. The lowest BCUT2D eigenvalue weighted by atomic mass is 10.1. The third-order valence-corrected chi connectivity index (χ3v) is 5.74. The number of carbonyl (C=O) groups is 2. The van der Waals surface area contributed by atoms with Crippen LogP contribution in [-0.2, 0) is 16.2 Å². The monoisotopic (exact) mass is 429 g/mol. The van der Waals surface area contributed by atoms with E-state index in [2.05, 4.69) is 4.90 Å². The van der Waals surface area contributed by atoms with Crippen molar-refractivity contribution in [3.05, 3.63) is 58.6 Å². The van der Waals surface area contributed by atoms with Gasteiger partial charge in [-0.15, -0.1) is 5.06 Å². The molecule has 1 atom stereocenters. The summed E-state index contributed by atoms with van der Waals surface area (Å²) in [5.41, 5.74) is 2.78. The molecule has 1 amide bonds. The van der Waals surface area contributed by atoms with Gasteiger partial charge in [0, 0.05) is 31.4 Å². The molecule has 2 aromatic rings. The maximum Gasteiger partial charge on any atom is 0.322 e. The van der Waals surface area contributed by atoms with Gasteiger partial charge in [-0.1, -0.05) is 29.8 Å². The molecule has 7 nitrogen and oxygen atoms in total. The van der Waals surface area contributed by atoms with Crippen molar-refractivity contribution in [2.45, 2.75) is 32.5 Å². The fourth-order valence-corrected chi connectivity index (χ4v) is 4.23. The van der Waals surface area contributed by atoms with Gasteiger partial charge in [-0.05, 0) is 42.7 Å². The van der Waals surface area contributed by atoms with E-state index in [9.17, 15) is 14.7 Å². The Hall–Kier alpha value is -2.61. The molecule has 0 radical (unpaired) electrons. The van der Waals surface area contributed by atoms with Gasteiger partial charge in [0.25, 0.3) is 5.91 Å². The van der Waals surface area contributed by atoms with Gasteiger partial charge >= 0.3 is 5.97 Å². The molecule has 2 heterocycles. The third kappa shape index (κ3) is 4.14. The first-order chi connectivity index (χ1) is 14.4. The Bertz CT molecular complexity index is 961. The molecule has 1 saturated heterocycles. The number of halogens is 1. The predicted molar refractivity (Wildman–Crippen MR) is 114 cm³/mol. The Morgan fingerprint density at radius 2 is 1.87 bits per heavy atom. The number of nitrogens with zero attached hydrogens (tertiary/aromatic N) is 3. The molecule has 1 unspecified atom stereocenters. The molecule has 4 rings (SSSR count). The quantitative estimate of drug-likeness (QED) is 0.807. The average Bonchev–Trinajstić information content (AvgIpc) is 3.22. The van der Waals surface area contributed by atoms with E-state index < -0.39 is 12.2 Å². The summed E-state index contributed by atoms with van der Waals surface area (Å²) in [5.74, 6) is -0.851. The Morgan fingerprint density at radius 1 is 1.13 bits per heavy atom. The zero-order valence-electron chi connectivity index (χ0n) is 16.8. The second-order valence-corrected chi connectivity index (χ2v) is 7.95. The fraction of sp³-hybridized carbons (Fsp3) is 0.364. The van der Waals surface area contributed by atoms with Crippen LogP contribution >= 0.6 is 11.6 Å². The van der Waals surface area contributed by atoms with Crippen LogP contribution < -0.4 is 9.80 Å². The number of para-hydroxylation sites is 1. The molecule has 30 heavy (non-hydrogen) atoms. The van der Waals surface area contributed by atoms with Crippen molar-refractivity contribution in [2.75, 3.05) is 29.4 Å². The molecule has 0 aliphatic carbocycles. The van der Waals surface area contributed by atoms with Crippen molar-refractivity contribution in [2.24, 2.45) is 0 Å². The number of fused-ring (bicyclic) bond motifs is 1. The van der Waals surface area contributed by atoms with E-state index in [-0.39, 0.29) is 19.0 Å². The molecular weight excluding hydrogens is 406 g/mol. The predicted octanol–water partition coefficient (Wildman–Crippen LogP) is 3.20. The minimum atomic E-state index is -1.17. The maximum absolute atomic E-state index is 13.4. The fourth-order valence-electron chi connectivity index (χ4n) is 3.98.